The number of aromatic nitrogens is 5. The summed E-state index contributed by atoms with van der Waals surface area (Å²) in [5.41, 5.74) is 8.41. The molecule has 3 rings (SSSR count). The van der Waals surface area contributed by atoms with Crippen molar-refractivity contribution < 1.29 is 0 Å². The molecule has 4 N–H and O–H groups in total. The number of aromatic amines is 1. The molecule has 7 heteroatoms. The van der Waals surface area contributed by atoms with Crippen LogP contribution in [0.5, 0.6) is 0 Å². The third-order valence-corrected chi connectivity index (χ3v) is 3.14. The van der Waals surface area contributed by atoms with Crippen LogP contribution in [-0.2, 0) is 0 Å². The largest absolute Gasteiger partial charge is 0.383 e. The Bertz CT molecular complexity index is 753. The van der Waals surface area contributed by atoms with Crippen LogP contribution in [0.3, 0.4) is 0 Å². The Morgan fingerprint density at radius 3 is 2.85 bits per heavy atom. The van der Waals surface area contributed by atoms with E-state index in [9.17, 15) is 0 Å². The molecular formula is C13H17N7. The van der Waals surface area contributed by atoms with Gasteiger partial charge < -0.3 is 16.0 Å². The Balaban J connectivity index is 1.96. The fraction of sp³-hybridized carbons (Fsp3) is 0.308. The molecule has 0 radical (unpaired) electrons. The summed E-state index contributed by atoms with van der Waals surface area (Å²) in [5, 5.41) is 8.43. The van der Waals surface area contributed by atoms with Crippen molar-refractivity contribution in [3.05, 3.63) is 24.2 Å². The van der Waals surface area contributed by atoms with Gasteiger partial charge in [-0.3, -0.25) is 4.68 Å². The Labute approximate surface area is 116 Å². The second-order valence-electron chi connectivity index (χ2n) is 5.00. The summed E-state index contributed by atoms with van der Waals surface area (Å²) in [6.07, 6.45) is 3.74. The molecule has 0 aliphatic carbocycles. The zero-order chi connectivity index (χ0) is 14.3. The standard InChI is InChI=1S/C13H17N7/c1-7(2)20-6-10(8(3)19-20)16-13-17-11(14)9-4-5-15-12(9)18-13/h4-7H,1-3H3,(H4,14,15,16,17,18). The number of H-pyrrole nitrogens is 1. The number of aryl methyl sites for hydroxylation is 1. The van der Waals surface area contributed by atoms with Gasteiger partial charge in [-0.25, -0.2) is 0 Å². The summed E-state index contributed by atoms with van der Waals surface area (Å²) in [7, 11) is 0. The minimum Gasteiger partial charge on any atom is -0.383 e. The lowest BCUT2D eigenvalue weighted by Crippen LogP contribution is -2.01. The van der Waals surface area contributed by atoms with Gasteiger partial charge in [0.25, 0.3) is 0 Å². The summed E-state index contributed by atoms with van der Waals surface area (Å²) in [6.45, 7) is 6.10. The number of nitrogen functional groups attached to an aromatic ring is 1. The van der Waals surface area contributed by atoms with Crippen molar-refractivity contribution in [2.45, 2.75) is 26.8 Å². The van der Waals surface area contributed by atoms with Gasteiger partial charge in [0.15, 0.2) is 0 Å². The van der Waals surface area contributed by atoms with Crippen molar-refractivity contribution in [1.82, 2.24) is 24.7 Å². The lowest BCUT2D eigenvalue weighted by atomic mass is 10.4. The van der Waals surface area contributed by atoms with Gasteiger partial charge in [0, 0.05) is 18.4 Å². The van der Waals surface area contributed by atoms with Crippen LogP contribution in [0.1, 0.15) is 25.6 Å². The lowest BCUT2D eigenvalue weighted by Gasteiger charge is -2.05. The molecule has 20 heavy (non-hydrogen) atoms. The van der Waals surface area contributed by atoms with Crippen molar-refractivity contribution >= 4 is 28.5 Å². The van der Waals surface area contributed by atoms with E-state index in [-0.39, 0.29) is 0 Å². The van der Waals surface area contributed by atoms with E-state index in [1.54, 1.807) is 6.20 Å². The second-order valence-corrected chi connectivity index (χ2v) is 5.00. The minimum atomic E-state index is 0.307. The first kappa shape index (κ1) is 12.5. The Morgan fingerprint density at radius 1 is 1.35 bits per heavy atom. The number of hydrogen-bond acceptors (Lipinski definition) is 5. The second kappa shape index (κ2) is 4.52. The molecule has 0 amide bonds. The molecule has 3 aromatic rings. The van der Waals surface area contributed by atoms with Crippen LogP contribution < -0.4 is 11.1 Å². The van der Waals surface area contributed by atoms with Crippen LogP contribution >= 0.6 is 0 Å². The molecule has 3 heterocycles. The summed E-state index contributed by atoms with van der Waals surface area (Å²) in [4.78, 5) is 11.7. The molecule has 7 nitrogen and oxygen atoms in total. The molecule has 0 atom stereocenters. The minimum absolute atomic E-state index is 0.307. The van der Waals surface area contributed by atoms with Crippen molar-refractivity contribution in [3.63, 3.8) is 0 Å². The lowest BCUT2D eigenvalue weighted by molar-refractivity contribution is 0.529. The molecule has 104 valence electrons. The third-order valence-electron chi connectivity index (χ3n) is 3.14. The first-order chi connectivity index (χ1) is 9.54. The zero-order valence-electron chi connectivity index (χ0n) is 11.7. The maximum absolute atomic E-state index is 5.91. The maximum Gasteiger partial charge on any atom is 0.231 e. The number of hydrogen-bond donors (Lipinski definition) is 3. The summed E-state index contributed by atoms with van der Waals surface area (Å²) < 4.78 is 1.90. The highest BCUT2D eigenvalue weighted by Crippen LogP contribution is 2.22. The first-order valence-corrected chi connectivity index (χ1v) is 6.48. The highest BCUT2D eigenvalue weighted by molar-refractivity contribution is 5.87. The first-order valence-electron chi connectivity index (χ1n) is 6.48. The molecule has 0 aromatic carbocycles. The van der Waals surface area contributed by atoms with Crippen LogP contribution in [0.2, 0.25) is 0 Å². The summed E-state index contributed by atoms with van der Waals surface area (Å²) in [6, 6.07) is 2.16. The average Bonchev–Trinajstić information content (AvgIpc) is 2.97. The van der Waals surface area contributed by atoms with Crippen LogP contribution in [0.4, 0.5) is 17.5 Å². The van der Waals surface area contributed by atoms with Gasteiger partial charge in [-0.1, -0.05) is 0 Å². The highest BCUT2D eigenvalue weighted by Gasteiger charge is 2.10. The summed E-state index contributed by atoms with van der Waals surface area (Å²) in [5.74, 6) is 0.913. The average molecular weight is 271 g/mol. The van der Waals surface area contributed by atoms with Crippen LogP contribution in [0.25, 0.3) is 11.0 Å². The van der Waals surface area contributed by atoms with Gasteiger partial charge in [0.1, 0.15) is 11.5 Å². The van der Waals surface area contributed by atoms with Gasteiger partial charge in [-0.2, -0.15) is 15.1 Å². The van der Waals surface area contributed by atoms with E-state index in [1.165, 1.54) is 0 Å². The van der Waals surface area contributed by atoms with E-state index in [4.69, 9.17) is 5.73 Å². The number of nitrogens with two attached hydrogens (primary N) is 1. The van der Waals surface area contributed by atoms with E-state index in [0.717, 1.165) is 16.8 Å². The zero-order valence-corrected chi connectivity index (χ0v) is 11.7. The number of nitrogens with zero attached hydrogens (tertiary/aromatic N) is 4. The third kappa shape index (κ3) is 2.07. The molecule has 0 aliphatic heterocycles. The van der Waals surface area contributed by atoms with E-state index in [2.05, 4.69) is 39.2 Å². The number of fused-ring (bicyclic) bond motifs is 1. The molecule has 0 fully saturated rings. The fourth-order valence-electron chi connectivity index (χ4n) is 2.01. The van der Waals surface area contributed by atoms with E-state index in [0.29, 0.717) is 23.5 Å². The smallest absolute Gasteiger partial charge is 0.231 e. The predicted molar refractivity (Wildman–Crippen MR) is 78.9 cm³/mol. The molecular weight excluding hydrogens is 254 g/mol. The van der Waals surface area contributed by atoms with Gasteiger partial charge in [0.05, 0.1) is 16.8 Å². The van der Waals surface area contributed by atoms with Crippen molar-refractivity contribution in [2.24, 2.45) is 0 Å². The number of nitrogens with one attached hydrogen (secondary N) is 2. The Kier molecular flexibility index (Phi) is 2.81. The normalized spacial score (nSPS) is 11.4. The molecule has 0 bridgehead atoms. The van der Waals surface area contributed by atoms with Crippen LogP contribution in [0.15, 0.2) is 18.5 Å². The fourth-order valence-corrected chi connectivity index (χ4v) is 2.01. The van der Waals surface area contributed by atoms with Gasteiger partial charge in [-0.15, -0.1) is 0 Å². The van der Waals surface area contributed by atoms with E-state index < -0.39 is 0 Å². The van der Waals surface area contributed by atoms with Crippen molar-refractivity contribution in [3.8, 4) is 0 Å². The maximum atomic E-state index is 5.91. The molecule has 0 aliphatic rings. The molecule has 0 saturated heterocycles. The SMILES string of the molecule is Cc1nn(C(C)C)cc1Nc1nc(N)c2cc[nH]c2n1. The van der Waals surface area contributed by atoms with Gasteiger partial charge >= 0.3 is 0 Å². The topological polar surface area (TPSA) is 97.4 Å². The number of rotatable bonds is 3. The number of anilines is 3. The molecule has 0 unspecified atom stereocenters. The van der Waals surface area contributed by atoms with Crippen molar-refractivity contribution in [1.29, 1.82) is 0 Å². The Hall–Kier alpha value is -2.57. The van der Waals surface area contributed by atoms with Crippen LogP contribution in [-0.4, -0.2) is 24.7 Å². The van der Waals surface area contributed by atoms with Crippen molar-refractivity contribution in [2.75, 3.05) is 11.1 Å². The van der Waals surface area contributed by atoms with E-state index >= 15 is 0 Å². The van der Waals surface area contributed by atoms with Gasteiger partial charge in [-0.05, 0) is 26.8 Å². The van der Waals surface area contributed by atoms with Gasteiger partial charge in [0.2, 0.25) is 5.95 Å². The highest BCUT2D eigenvalue weighted by atomic mass is 15.3. The quantitative estimate of drug-likeness (QED) is 0.679. The summed E-state index contributed by atoms with van der Waals surface area (Å²) >= 11 is 0. The molecule has 0 spiro atoms. The van der Waals surface area contributed by atoms with E-state index in [1.807, 2.05) is 23.9 Å². The molecule has 3 aromatic heterocycles. The predicted octanol–water partition coefficient (Wildman–Crippen LogP) is 2.37. The monoisotopic (exact) mass is 271 g/mol. The van der Waals surface area contributed by atoms with Crippen LogP contribution in [0, 0.1) is 6.92 Å². The molecule has 0 saturated carbocycles. The Morgan fingerprint density at radius 2 is 2.15 bits per heavy atom.